The Morgan fingerprint density at radius 3 is 2.00 bits per heavy atom. The number of amides is 3. The standard InChI is InChI=1S/C20H29F3N2O4/c1-2-29-18(27)15(20(21,22)23)16-17(26)25(14-11-7-4-8-12-14)19(28)24(16)13-9-5-3-6-10-13/h13-16H,2-12H2,1H3/t15-,16+/m1/s1. The van der Waals surface area contributed by atoms with E-state index in [1.165, 1.54) is 6.92 Å². The van der Waals surface area contributed by atoms with Gasteiger partial charge in [0.15, 0.2) is 5.92 Å². The molecule has 3 fully saturated rings. The van der Waals surface area contributed by atoms with Crippen LogP contribution in [0.2, 0.25) is 0 Å². The molecule has 2 saturated carbocycles. The average Bonchev–Trinajstić information content (AvgIpc) is 2.93. The van der Waals surface area contributed by atoms with Crippen LogP contribution >= 0.6 is 0 Å². The summed E-state index contributed by atoms with van der Waals surface area (Å²) in [5.74, 6) is -5.05. The Kier molecular flexibility index (Phi) is 6.73. The highest BCUT2D eigenvalue weighted by molar-refractivity contribution is 6.06. The molecular formula is C20H29F3N2O4. The van der Waals surface area contributed by atoms with Crippen LogP contribution in [0.1, 0.15) is 71.1 Å². The molecule has 3 amide bonds. The molecule has 0 aromatic heterocycles. The van der Waals surface area contributed by atoms with Crippen LogP contribution in [-0.4, -0.2) is 58.6 Å². The summed E-state index contributed by atoms with van der Waals surface area (Å²) in [6, 6.07) is -3.39. The Labute approximate surface area is 168 Å². The van der Waals surface area contributed by atoms with Crippen molar-refractivity contribution in [3.8, 4) is 0 Å². The van der Waals surface area contributed by atoms with Gasteiger partial charge in [0.05, 0.1) is 6.61 Å². The normalized spacial score (nSPS) is 26.1. The molecule has 1 saturated heterocycles. The Balaban J connectivity index is 1.99. The van der Waals surface area contributed by atoms with Crippen LogP contribution in [0.15, 0.2) is 0 Å². The van der Waals surface area contributed by atoms with Crippen molar-refractivity contribution in [1.82, 2.24) is 9.80 Å². The van der Waals surface area contributed by atoms with Crippen LogP contribution in [0.25, 0.3) is 0 Å². The third kappa shape index (κ3) is 4.38. The van der Waals surface area contributed by atoms with Crippen LogP contribution in [0.4, 0.5) is 18.0 Å². The Bertz CT molecular complexity index is 628. The molecule has 0 N–H and O–H groups in total. The van der Waals surface area contributed by atoms with Gasteiger partial charge >= 0.3 is 18.2 Å². The van der Waals surface area contributed by atoms with Crippen LogP contribution in [-0.2, 0) is 14.3 Å². The van der Waals surface area contributed by atoms with Crippen LogP contribution in [0, 0.1) is 5.92 Å². The summed E-state index contributed by atoms with van der Waals surface area (Å²) in [6.45, 7) is 1.19. The minimum absolute atomic E-state index is 0.226. The Hall–Kier alpha value is -1.80. The minimum Gasteiger partial charge on any atom is -0.465 e. The zero-order valence-corrected chi connectivity index (χ0v) is 16.7. The van der Waals surface area contributed by atoms with Crippen molar-refractivity contribution >= 4 is 17.9 Å². The quantitative estimate of drug-likeness (QED) is 0.500. The van der Waals surface area contributed by atoms with Gasteiger partial charge in [-0.25, -0.2) is 4.79 Å². The summed E-state index contributed by atoms with van der Waals surface area (Å²) < 4.78 is 46.5. The first kappa shape index (κ1) is 21.9. The van der Waals surface area contributed by atoms with E-state index >= 15 is 0 Å². The number of rotatable bonds is 5. The van der Waals surface area contributed by atoms with Crippen LogP contribution < -0.4 is 0 Å². The number of ether oxygens (including phenoxy) is 1. The average molecular weight is 418 g/mol. The SMILES string of the molecule is CCOC(=O)[C@@H]([C@H]1C(=O)N(C2CCCCC2)C(=O)N1C1CCCCC1)C(F)(F)F. The maximum atomic E-state index is 13.9. The van der Waals surface area contributed by atoms with Crippen molar-refractivity contribution in [3.05, 3.63) is 0 Å². The van der Waals surface area contributed by atoms with Crippen molar-refractivity contribution in [2.45, 2.75) is 95.4 Å². The first-order chi connectivity index (χ1) is 13.8. The lowest BCUT2D eigenvalue weighted by Gasteiger charge is -2.36. The molecule has 29 heavy (non-hydrogen) atoms. The summed E-state index contributed by atoms with van der Waals surface area (Å²) >= 11 is 0. The van der Waals surface area contributed by atoms with E-state index in [0.717, 1.165) is 48.3 Å². The summed E-state index contributed by atoms with van der Waals surface area (Å²) in [7, 11) is 0. The monoisotopic (exact) mass is 418 g/mol. The molecule has 2 atom stereocenters. The van der Waals surface area contributed by atoms with Gasteiger partial charge in [0.25, 0.3) is 5.91 Å². The number of alkyl halides is 3. The number of imide groups is 1. The maximum Gasteiger partial charge on any atom is 0.404 e. The highest BCUT2D eigenvalue weighted by Gasteiger charge is 2.62. The largest absolute Gasteiger partial charge is 0.465 e. The van der Waals surface area contributed by atoms with Gasteiger partial charge in [0, 0.05) is 12.1 Å². The van der Waals surface area contributed by atoms with Gasteiger partial charge in [-0.2, -0.15) is 13.2 Å². The number of hydrogen-bond acceptors (Lipinski definition) is 4. The molecule has 3 rings (SSSR count). The van der Waals surface area contributed by atoms with E-state index in [4.69, 9.17) is 0 Å². The van der Waals surface area contributed by atoms with E-state index < -0.39 is 48.1 Å². The predicted molar refractivity (Wildman–Crippen MR) is 97.8 cm³/mol. The third-order valence-corrected chi connectivity index (χ3v) is 6.33. The molecule has 0 aromatic carbocycles. The van der Waals surface area contributed by atoms with Gasteiger partial charge < -0.3 is 9.64 Å². The van der Waals surface area contributed by atoms with Gasteiger partial charge in [0.2, 0.25) is 0 Å². The molecule has 0 bridgehead atoms. The highest BCUT2D eigenvalue weighted by Crippen LogP contribution is 2.41. The lowest BCUT2D eigenvalue weighted by atomic mass is 9.90. The second-order valence-corrected chi connectivity index (χ2v) is 8.20. The number of hydrogen-bond donors (Lipinski definition) is 0. The number of urea groups is 1. The minimum atomic E-state index is -4.98. The van der Waals surface area contributed by atoms with Gasteiger partial charge in [0.1, 0.15) is 6.04 Å². The Morgan fingerprint density at radius 1 is 1.00 bits per heavy atom. The number of nitrogens with zero attached hydrogens (tertiary/aromatic N) is 2. The van der Waals surface area contributed by atoms with Crippen molar-refractivity contribution in [3.63, 3.8) is 0 Å². The highest BCUT2D eigenvalue weighted by atomic mass is 19.4. The summed E-state index contributed by atoms with van der Waals surface area (Å²) in [5.41, 5.74) is 0. The van der Waals surface area contributed by atoms with E-state index in [2.05, 4.69) is 4.74 Å². The van der Waals surface area contributed by atoms with Crippen molar-refractivity contribution < 1.29 is 32.3 Å². The van der Waals surface area contributed by atoms with Gasteiger partial charge in [-0.15, -0.1) is 0 Å². The van der Waals surface area contributed by atoms with Gasteiger partial charge in [-0.1, -0.05) is 38.5 Å². The zero-order chi connectivity index (χ0) is 21.2. The van der Waals surface area contributed by atoms with Gasteiger partial charge in [-0.3, -0.25) is 14.5 Å². The van der Waals surface area contributed by atoms with E-state index in [1.807, 2.05) is 0 Å². The van der Waals surface area contributed by atoms with E-state index in [9.17, 15) is 27.6 Å². The summed E-state index contributed by atoms with van der Waals surface area (Å²) in [6.07, 6.45) is 2.46. The molecule has 0 radical (unpaired) electrons. The maximum absolute atomic E-state index is 13.9. The molecule has 2 aliphatic carbocycles. The molecule has 0 spiro atoms. The third-order valence-electron chi connectivity index (χ3n) is 6.33. The molecule has 9 heteroatoms. The molecule has 1 aliphatic heterocycles. The summed E-state index contributed by atoms with van der Waals surface area (Å²) in [5, 5.41) is 0. The first-order valence-electron chi connectivity index (χ1n) is 10.7. The lowest BCUT2D eigenvalue weighted by Crippen LogP contribution is -2.54. The van der Waals surface area contributed by atoms with Crippen LogP contribution in [0.3, 0.4) is 0 Å². The number of carbonyl (C=O) groups is 3. The van der Waals surface area contributed by atoms with E-state index in [0.29, 0.717) is 25.7 Å². The van der Waals surface area contributed by atoms with Gasteiger partial charge in [-0.05, 0) is 32.6 Å². The van der Waals surface area contributed by atoms with E-state index in [1.54, 1.807) is 0 Å². The summed E-state index contributed by atoms with van der Waals surface area (Å²) in [4.78, 5) is 40.9. The van der Waals surface area contributed by atoms with Crippen molar-refractivity contribution in [2.75, 3.05) is 6.61 Å². The van der Waals surface area contributed by atoms with Crippen LogP contribution in [0.5, 0.6) is 0 Å². The second kappa shape index (κ2) is 8.92. The Morgan fingerprint density at radius 2 is 1.52 bits per heavy atom. The smallest absolute Gasteiger partial charge is 0.404 e. The fraction of sp³-hybridized carbons (Fsp3) is 0.850. The predicted octanol–water partition coefficient (Wildman–Crippen LogP) is 4.03. The molecule has 1 heterocycles. The van der Waals surface area contributed by atoms with E-state index in [-0.39, 0.29) is 6.61 Å². The van der Waals surface area contributed by atoms with Crippen molar-refractivity contribution in [1.29, 1.82) is 0 Å². The molecule has 0 aromatic rings. The number of esters is 1. The van der Waals surface area contributed by atoms with Crippen molar-refractivity contribution in [2.24, 2.45) is 5.92 Å². The molecule has 164 valence electrons. The number of halogens is 3. The fourth-order valence-electron chi connectivity index (χ4n) is 4.99. The zero-order valence-electron chi connectivity index (χ0n) is 16.7. The molecular weight excluding hydrogens is 389 g/mol. The molecule has 3 aliphatic rings. The second-order valence-electron chi connectivity index (χ2n) is 8.20. The molecule has 6 nitrogen and oxygen atoms in total. The lowest BCUT2D eigenvalue weighted by molar-refractivity contribution is -0.208. The molecule has 0 unspecified atom stereocenters. The fourth-order valence-corrected chi connectivity index (χ4v) is 4.99. The topological polar surface area (TPSA) is 66.9 Å². The first-order valence-corrected chi connectivity index (χ1v) is 10.7. The number of carbonyl (C=O) groups excluding carboxylic acids is 3.